The summed E-state index contributed by atoms with van der Waals surface area (Å²) in [5.74, 6) is -9.72. The molecule has 23 heteroatoms. The van der Waals surface area contributed by atoms with Gasteiger partial charge in [-0.2, -0.15) is 26.3 Å². The van der Waals surface area contributed by atoms with Crippen LogP contribution in [0.2, 0.25) is 0 Å². The van der Waals surface area contributed by atoms with Crippen LogP contribution in [-0.2, 0) is 16.1 Å². The van der Waals surface area contributed by atoms with Gasteiger partial charge in [0, 0.05) is 42.3 Å². The molecule has 0 saturated carbocycles. The zero-order valence-corrected chi connectivity index (χ0v) is 42.2. The average molecular weight is 1110 g/mol. The number of carbonyl (C=O) groups is 9. The zero-order valence-electron chi connectivity index (χ0n) is 42.2. The average Bonchev–Trinajstić information content (AvgIpc) is 3.99. The van der Waals surface area contributed by atoms with Gasteiger partial charge in [0.2, 0.25) is 0 Å². The number of esters is 1. The second-order valence-electron chi connectivity index (χ2n) is 19.5. The molecule has 0 aromatic heterocycles. The molecule has 4 aliphatic heterocycles. The third kappa shape index (κ3) is 7.75. The minimum atomic E-state index is -5.85. The predicted octanol–water partition coefficient (Wildman–Crippen LogP) is 9.64. The predicted molar refractivity (Wildman–Crippen MR) is 265 cm³/mol. The number of benzene rings is 6. The van der Waals surface area contributed by atoms with Gasteiger partial charge in [0.15, 0.2) is 0 Å². The summed E-state index contributed by atoms with van der Waals surface area (Å²) in [5, 5.41) is 9.04. The number of fused-ring (bicyclic) bond motifs is 4. The van der Waals surface area contributed by atoms with Crippen LogP contribution in [0.1, 0.15) is 144 Å². The Labute approximate surface area is 446 Å². The third-order valence-corrected chi connectivity index (χ3v) is 14.6. The molecule has 80 heavy (non-hydrogen) atoms. The normalized spacial score (nSPS) is 16.6. The SMILES string of the molecule is Cc1cc(C(=O)OCCCO)cc(N2C(=O)c3ccc([C@@](F)(c4ccc5c(c4)C(=O)N(c4c(C)cc(C)c(N6C(=O)c7ccc([C@@](F)(c8ccc9c(c8)C(=O)N(C)C9=O)C(F)(F)F)cc7C6=O)c4C)C5=O)C(F)(F)F)cc3C2=O)c1. The standard InChI is InChI=1S/C57H38F8N4O11/c1-25-17-29(53(79)80-16-6-15-70)20-34(18-25)67-47(73)36-12-8-31(22-40(36)50(67)76)55(59,57(63,64)65)33-10-14-38-42(24-33)52(78)69(49(38)75)44-27(3)19-26(2)43(28(44)4)68-48(74)37-13-9-32(23-41(37)51(68)77)54(58,56(60,61)62)30-7-11-35-39(21-30)46(72)66(5)45(35)71/h7-14,17-24,70H,6,15-16H2,1-5H3/t54-,55+/m0/s1. The summed E-state index contributed by atoms with van der Waals surface area (Å²) in [6, 6.07) is 13.0. The summed E-state index contributed by atoms with van der Waals surface area (Å²) in [5.41, 5.74) is -18.3. The summed E-state index contributed by atoms with van der Waals surface area (Å²) in [4.78, 5) is 125. The maximum absolute atomic E-state index is 17.4. The number of anilines is 3. The summed E-state index contributed by atoms with van der Waals surface area (Å²) in [6.07, 6.45) is -11.5. The molecule has 0 bridgehead atoms. The van der Waals surface area contributed by atoms with Crippen molar-refractivity contribution in [2.75, 3.05) is 35.0 Å². The minimum absolute atomic E-state index is 0.102. The van der Waals surface area contributed by atoms with Crippen LogP contribution in [0.3, 0.4) is 0 Å². The Morgan fingerprint density at radius 1 is 0.463 bits per heavy atom. The fraction of sp³-hybridized carbons (Fsp3) is 0.211. The number of halogens is 8. The van der Waals surface area contributed by atoms with Gasteiger partial charge in [-0.3, -0.25) is 43.3 Å². The van der Waals surface area contributed by atoms with Crippen LogP contribution in [-0.4, -0.2) is 95.8 Å². The molecule has 1 N–H and O–H groups in total. The Bertz CT molecular complexity index is 3890. The van der Waals surface area contributed by atoms with Crippen LogP contribution in [0.15, 0.2) is 97.1 Å². The summed E-state index contributed by atoms with van der Waals surface area (Å²) in [6.45, 7) is 5.18. The number of nitrogens with zero attached hydrogens (tertiary/aromatic N) is 4. The van der Waals surface area contributed by atoms with E-state index in [1.807, 2.05) is 0 Å². The van der Waals surface area contributed by atoms with Crippen molar-refractivity contribution in [2.24, 2.45) is 0 Å². The Balaban J connectivity index is 0.974. The molecule has 0 fully saturated rings. The molecule has 2 atom stereocenters. The van der Waals surface area contributed by atoms with Crippen LogP contribution in [0.25, 0.3) is 0 Å². The molecular weight excluding hydrogens is 1070 g/mol. The number of imide groups is 4. The number of carbonyl (C=O) groups excluding carboxylic acids is 9. The second kappa shape index (κ2) is 18.4. The largest absolute Gasteiger partial charge is 0.462 e. The molecule has 6 aromatic carbocycles. The number of hydrogen-bond donors (Lipinski definition) is 1. The lowest BCUT2D eigenvalue weighted by molar-refractivity contribution is -0.219. The monoisotopic (exact) mass is 1110 g/mol. The molecule has 15 nitrogen and oxygen atoms in total. The zero-order chi connectivity index (χ0) is 58.2. The molecule has 8 amide bonds. The van der Waals surface area contributed by atoms with Gasteiger partial charge in [-0.15, -0.1) is 0 Å². The van der Waals surface area contributed by atoms with Gasteiger partial charge in [-0.25, -0.2) is 28.3 Å². The smallest absolute Gasteiger partial charge is 0.431 e. The summed E-state index contributed by atoms with van der Waals surface area (Å²) in [7, 11) is 1.08. The Morgan fingerprint density at radius 2 is 0.812 bits per heavy atom. The number of ether oxygens (including phenoxy) is 1. The number of amides is 8. The van der Waals surface area contributed by atoms with Gasteiger partial charge >= 0.3 is 18.3 Å². The first-order valence-electron chi connectivity index (χ1n) is 24.1. The fourth-order valence-electron chi connectivity index (χ4n) is 10.7. The van der Waals surface area contributed by atoms with E-state index in [0.29, 0.717) is 73.7 Å². The molecule has 0 radical (unpaired) electrons. The summed E-state index contributed by atoms with van der Waals surface area (Å²) < 4.78 is 131. The van der Waals surface area contributed by atoms with Gasteiger partial charge in [0.1, 0.15) is 0 Å². The number of aliphatic hydroxyl groups is 1. The summed E-state index contributed by atoms with van der Waals surface area (Å²) >= 11 is 0. The van der Waals surface area contributed by atoms with Crippen LogP contribution in [0.5, 0.6) is 0 Å². The molecule has 10 rings (SSSR count). The van der Waals surface area contributed by atoms with Crippen molar-refractivity contribution >= 4 is 70.3 Å². The molecule has 6 aromatic rings. The van der Waals surface area contributed by atoms with Crippen LogP contribution in [0.4, 0.5) is 52.2 Å². The lowest BCUT2D eigenvalue weighted by atomic mass is 9.84. The van der Waals surface area contributed by atoms with E-state index in [4.69, 9.17) is 9.84 Å². The lowest BCUT2D eigenvalue weighted by Gasteiger charge is -2.29. The molecule has 0 saturated heterocycles. The van der Waals surface area contributed by atoms with Crippen LogP contribution in [0, 0.1) is 27.7 Å². The van der Waals surface area contributed by atoms with Gasteiger partial charge in [0.25, 0.3) is 58.6 Å². The lowest BCUT2D eigenvalue weighted by Crippen LogP contribution is -2.39. The van der Waals surface area contributed by atoms with Crippen molar-refractivity contribution in [3.8, 4) is 0 Å². The maximum Gasteiger partial charge on any atom is 0.431 e. The highest BCUT2D eigenvalue weighted by atomic mass is 19.4. The highest BCUT2D eigenvalue weighted by Gasteiger charge is 2.61. The molecule has 0 spiro atoms. The van der Waals surface area contributed by atoms with E-state index in [0.717, 1.165) is 37.4 Å². The quantitative estimate of drug-likeness (QED) is 0.0561. The topological polar surface area (TPSA) is 196 Å². The van der Waals surface area contributed by atoms with Gasteiger partial charge in [-0.1, -0.05) is 30.3 Å². The maximum atomic E-state index is 17.4. The highest BCUT2D eigenvalue weighted by molar-refractivity contribution is 6.38. The van der Waals surface area contributed by atoms with E-state index in [9.17, 15) is 56.3 Å². The van der Waals surface area contributed by atoms with Crippen molar-refractivity contribution < 1.29 is 88.1 Å². The molecule has 0 unspecified atom stereocenters. The number of aliphatic hydroxyl groups excluding tert-OH is 1. The van der Waals surface area contributed by atoms with Crippen molar-refractivity contribution in [2.45, 2.75) is 57.8 Å². The molecule has 4 heterocycles. The second-order valence-corrected chi connectivity index (χ2v) is 19.5. The third-order valence-electron chi connectivity index (χ3n) is 14.6. The van der Waals surface area contributed by atoms with Crippen molar-refractivity contribution in [3.63, 3.8) is 0 Å². The Hall–Kier alpha value is -9.25. The Kier molecular flexibility index (Phi) is 12.5. The fourth-order valence-corrected chi connectivity index (χ4v) is 10.7. The number of alkyl halides is 8. The van der Waals surface area contributed by atoms with Gasteiger partial charge in [0.05, 0.1) is 73.7 Å². The first-order valence-corrected chi connectivity index (χ1v) is 24.1. The minimum Gasteiger partial charge on any atom is -0.462 e. The van der Waals surface area contributed by atoms with E-state index in [1.54, 1.807) is 0 Å². The van der Waals surface area contributed by atoms with Crippen LogP contribution >= 0.6 is 0 Å². The molecular formula is C57H38F8N4O11. The van der Waals surface area contributed by atoms with Crippen molar-refractivity contribution in [1.29, 1.82) is 0 Å². The van der Waals surface area contributed by atoms with E-state index in [2.05, 4.69) is 0 Å². The van der Waals surface area contributed by atoms with E-state index in [-0.39, 0.29) is 64.5 Å². The van der Waals surface area contributed by atoms with Gasteiger partial charge in [-0.05, 0) is 117 Å². The first kappa shape index (κ1) is 54.1. The van der Waals surface area contributed by atoms with Crippen molar-refractivity contribution in [1.82, 2.24) is 4.90 Å². The van der Waals surface area contributed by atoms with E-state index < -0.39 is 138 Å². The molecule has 408 valence electrons. The van der Waals surface area contributed by atoms with E-state index in [1.165, 1.54) is 45.9 Å². The van der Waals surface area contributed by atoms with Gasteiger partial charge < -0.3 is 9.84 Å². The molecule has 4 aliphatic rings. The number of rotatable bonds is 11. The van der Waals surface area contributed by atoms with Crippen LogP contribution < -0.4 is 14.7 Å². The van der Waals surface area contributed by atoms with Crippen molar-refractivity contribution in [3.05, 3.63) is 192 Å². The number of hydrogen-bond acceptors (Lipinski definition) is 11. The Morgan fingerprint density at radius 3 is 1.21 bits per heavy atom. The number of aryl methyl sites for hydroxylation is 3. The molecule has 0 aliphatic carbocycles. The first-order chi connectivity index (χ1) is 37.5. The van der Waals surface area contributed by atoms with E-state index >= 15 is 22.0 Å². The highest BCUT2D eigenvalue weighted by Crippen LogP contribution is 2.52.